The zero-order valence-electron chi connectivity index (χ0n) is 6.66. The molecule has 0 aromatic heterocycles. The van der Waals surface area contributed by atoms with Crippen molar-refractivity contribution in [3.05, 3.63) is 28.2 Å². The van der Waals surface area contributed by atoms with Crippen molar-refractivity contribution in [2.24, 2.45) is 0 Å². The van der Waals surface area contributed by atoms with Gasteiger partial charge in [-0.3, -0.25) is 4.79 Å². The van der Waals surface area contributed by atoms with Crippen molar-refractivity contribution < 1.29 is 9.53 Å². The minimum atomic E-state index is -0.0269. The molecule has 1 aromatic rings. The number of ether oxygens (including phenoxy) is 1. The molecule has 0 aliphatic rings. The van der Waals surface area contributed by atoms with Crippen molar-refractivity contribution >= 4 is 22.2 Å². The molecular weight excluding hydrogens is 234 g/mol. The average Bonchev–Trinajstić information content (AvgIpc) is 2.16. The van der Waals surface area contributed by atoms with E-state index in [9.17, 15) is 4.79 Å². The minimum Gasteiger partial charge on any atom is -0.478 e. The van der Waals surface area contributed by atoms with Gasteiger partial charge in [-0.25, -0.2) is 0 Å². The van der Waals surface area contributed by atoms with Gasteiger partial charge in [0.25, 0.3) is 0 Å². The molecular formula is C9H6BrNO2. The Morgan fingerprint density at radius 2 is 2.38 bits per heavy atom. The molecule has 4 heteroatoms. The molecule has 13 heavy (non-hydrogen) atoms. The Kier molecular flexibility index (Phi) is 3.47. The summed E-state index contributed by atoms with van der Waals surface area (Å²) < 4.78 is 5.65. The van der Waals surface area contributed by atoms with Crippen LogP contribution in [0.3, 0.4) is 0 Å². The second-order valence-corrected chi connectivity index (χ2v) is 3.02. The molecule has 0 radical (unpaired) electrons. The Morgan fingerprint density at radius 3 is 3.00 bits per heavy atom. The molecule has 0 saturated carbocycles. The third-order valence-electron chi connectivity index (χ3n) is 1.41. The Balaban J connectivity index is 2.95. The number of nitriles is 1. The van der Waals surface area contributed by atoms with Crippen LogP contribution in [0.4, 0.5) is 0 Å². The predicted octanol–water partition coefficient (Wildman–Crippen LogP) is 2.16. The van der Waals surface area contributed by atoms with Crippen LogP contribution in [-0.4, -0.2) is 12.9 Å². The zero-order chi connectivity index (χ0) is 9.68. The van der Waals surface area contributed by atoms with Crippen LogP contribution in [0.5, 0.6) is 5.75 Å². The van der Waals surface area contributed by atoms with Gasteiger partial charge in [0, 0.05) is 5.56 Å². The molecule has 1 aromatic carbocycles. The van der Waals surface area contributed by atoms with Gasteiger partial charge in [-0.2, -0.15) is 5.26 Å². The van der Waals surface area contributed by atoms with E-state index >= 15 is 0 Å². The van der Waals surface area contributed by atoms with Gasteiger partial charge < -0.3 is 4.74 Å². The van der Waals surface area contributed by atoms with Crippen molar-refractivity contribution in [3.63, 3.8) is 0 Å². The summed E-state index contributed by atoms with van der Waals surface area (Å²) in [4.78, 5) is 10.5. The van der Waals surface area contributed by atoms with Crippen LogP contribution in [0, 0.1) is 11.3 Å². The lowest BCUT2D eigenvalue weighted by atomic mass is 10.2. The average molecular weight is 240 g/mol. The highest BCUT2D eigenvalue weighted by atomic mass is 79.9. The normalized spacial score (nSPS) is 8.92. The molecule has 0 heterocycles. The molecule has 3 nitrogen and oxygen atoms in total. The van der Waals surface area contributed by atoms with Crippen molar-refractivity contribution in [1.29, 1.82) is 5.26 Å². The smallest absolute Gasteiger partial charge is 0.174 e. The summed E-state index contributed by atoms with van der Waals surface area (Å²) in [5.74, 6) is 0.506. The number of halogens is 1. The number of carbonyl (C=O) groups excluding carboxylic acids is 1. The summed E-state index contributed by atoms with van der Waals surface area (Å²) in [6.45, 7) is -0.0269. The van der Waals surface area contributed by atoms with Gasteiger partial charge in [-0.15, -0.1) is 0 Å². The fourth-order valence-electron chi connectivity index (χ4n) is 0.840. The summed E-state index contributed by atoms with van der Waals surface area (Å²) in [6.07, 6.45) is 0.726. The Labute approximate surface area is 84.1 Å². The van der Waals surface area contributed by atoms with Crippen LogP contribution in [0.15, 0.2) is 22.7 Å². The molecule has 0 unspecified atom stereocenters. The molecule has 0 fully saturated rings. The number of nitrogens with zero attached hydrogens (tertiary/aromatic N) is 1. The largest absolute Gasteiger partial charge is 0.478 e. The molecule has 66 valence electrons. The fraction of sp³-hybridized carbons (Fsp3) is 0.111. The van der Waals surface area contributed by atoms with E-state index in [-0.39, 0.29) is 6.61 Å². The second-order valence-electron chi connectivity index (χ2n) is 2.22. The number of hydrogen-bond acceptors (Lipinski definition) is 3. The van der Waals surface area contributed by atoms with Gasteiger partial charge in [0.05, 0.1) is 4.47 Å². The van der Waals surface area contributed by atoms with Crippen LogP contribution in [-0.2, 0) is 0 Å². The van der Waals surface area contributed by atoms with E-state index in [4.69, 9.17) is 10.00 Å². The molecule has 0 atom stereocenters. The van der Waals surface area contributed by atoms with Crippen LogP contribution < -0.4 is 4.74 Å². The van der Waals surface area contributed by atoms with E-state index in [0.717, 1.165) is 6.29 Å². The maximum Gasteiger partial charge on any atom is 0.174 e. The molecule has 1 rings (SSSR count). The van der Waals surface area contributed by atoms with Crippen LogP contribution >= 0.6 is 15.9 Å². The van der Waals surface area contributed by atoms with E-state index in [0.29, 0.717) is 15.8 Å². The van der Waals surface area contributed by atoms with Gasteiger partial charge in [0.2, 0.25) is 0 Å². The van der Waals surface area contributed by atoms with Gasteiger partial charge >= 0.3 is 0 Å². The van der Waals surface area contributed by atoms with E-state index in [2.05, 4.69) is 15.9 Å². The fourth-order valence-corrected chi connectivity index (χ4v) is 1.31. The molecule has 0 saturated heterocycles. The number of rotatable bonds is 3. The molecule has 0 aliphatic carbocycles. The summed E-state index contributed by atoms with van der Waals surface area (Å²) in [6, 6.07) is 6.90. The van der Waals surface area contributed by atoms with Gasteiger partial charge in [0.15, 0.2) is 12.9 Å². The van der Waals surface area contributed by atoms with E-state index in [1.54, 1.807) is 18.2 Å². The third kappa shape index (κ3) is 2.30. The topological polar surface area (TPSA) is 50.1 Å². The van der Waals surface area contributed by atoms with Gasteiger partial charge in [-0.1, -0.05) is 12.1 Å². The monoisotopic (exact) mass is 239 g/mol. The number of aldehydes is 1. The SMILES string of the molecule is N#CCOc1cccc(C=O)c1Br. The lowest BCUT2D eigenvalue weighted by molar-refractivity contribution is 0.112. The Morgan fingerprint density at radius 1 is 1.62 bits per heavy atom. The molecule has 0 spiro atoms. The lowest BCUT2D eigenvalue weighted by Gasteiger charge is -2.04. The molecule has 0 aliphatic heterocycles. The first-order valence-electron chi connectivity index (χ1n) is 3.53. The summed E-state index contributed by atoms with van der Waals surface area (Å²) in [5.41, 5.74) is 0.510. The highest BCUT2D eigenvalue weighted by Crippen LogP contribution is 2.27. The zero-order valence-corrected chi connectivity index (χ0v) is 8.24. The third-order valence-corrected chi connectivity index (χ3v) is 2.26. The minimum absolute atomic E-state index is 0.0269. The van der Waals surface area contributed by atoms with Crippen molar-refractivity contribution in [2.75, 3.05) is 6.61 Å². The first kappa shape index (κ1) is 9.75. The molecule has 0 bridgehead atoms. The van der Waals surface area contributed by atoms with Gasteiger partial charge in [0.1, 0.15) is 11.8 Å². The highest BCUT2D eigenvalue weighted by molar-refractivity contribution is 9.10. The first-order chi connectivity index (χ1) is 6.29. The first-order valence-corrected chi connectivity index (χ1v) is 4.32. The van der Waals surface area contributed by atoms with Crippen molar-refractivity contribution in [1.82, 2.24) is 0 Å². The quantitative estimate of drug-likeness (QED) is 0.760. The lowest BCUT2D eigenvalue weighted by Crippen LogP contribution is -1.95. The van der Waals surface area contributed by atoms with E-state index < -0.39 is 0 Å². The number of hydrogen-bond donors (Lipinski definition) is 0. The summed E-state index contributed by atoms with van der Waals surface area (Å²) in [7, 11) is 0. The maximum absolute atomic E-state index is 10.5. The van der Waals surface area contributed by atoms with E-state index in [1.807, 2.05) is 6.07 Å². The summed E-state index contributed by atoms with van der Waals surface area (Å²) in [5, 5.41) is 8.29. The molecule has 0 N–H and O–H groups in total. The van der Waals surface area contributed by atoms with Crippen molar-refractivity contribution in [3.8, 4) is 11.8 Å². The standard InChI is InChI=1S/C9H6BrNO2/c10-9-7(6-12)2-1-3-8(9)13-5-4-11/h1-3,6H,5H2. The Hall–Kier alpha value is -1.34. The number of benzene rings is 1. The van der Waals surface area contributed by atoms with Gasteiger partial charge in [-0.05, 0) is 22.0 Å². The Bertz CT molecular complexity index is 357. The highest BCUT2D eigenvalue weighted by Gasteiger charge is 2.04. The maximum atomic E-state index is 10.5. The molecule has 0 amide bonds. The van der Waals surface area contributed by atoms with Crippen LogP contribution in [0.1, 0.15) is 10.4 Å². The van der Waals surface area contributed by atoms with E-state index in [1.165, 1.54) is 0 Å². The van der Waals surface area contributed by atoms with Crippen molar-refractivity contribution in [2.45, 2.75) is 0 Å². The van der Waals surface area contributed by atoms with Crippen LogP contribution in [0.25, 0.3) is 0 Å². The summed E-state index contributed by atoms with van der Waals surface area (Å²) >= 11 is 3.21. The number of carbonyl (C=O) groups is 1. The van der Waals surface area contributed by atoms with Crippen LogP contribution in [0.2, 0.25) is 0 Å². The second kappa shape index (κ2) is 4.63. The predicted molar refractivity (Wildman–Crippen MR) is 50.6 cm³/mol.